The van der Waals surface area contributed by atoms with Crippen molar-refractivity contribution in [1.29, 1.82) is 0 Å². The van der Waals surface area contributed by atoms with Crippen LogP contribution in [-0.2, 0) is 12.8 Å². The van der Waals surface area contributed by atoms with E-state index in [1.807, 2.05) is 0 Å². The van der Waals surface area contributed by atoms with Crippen molar-refractivity contribution in [3.63, 3.8) is 0 Å². The lowest BCUT2D eigenvalue weighted by Gasteiger charge is -2.43. The van der Waals surface area contributed by atoms with Crippen LogP contribution >= 0.6 is 0 Å². The quantitative estimate of drug-likeness (QED) is 0.771. The van der Waals surface area contributed by atoms with Crippen molar-refractivity contribution in [2.24, 2.45) is 5.41 Å². The molecule has 3 heterocycles. The molecule has 1 atom stereocenters. The molecule has 1 fully saturated rings. The Morgan fingerprint density at radius 2 is 2.13 bits per heavy atom. The minimum absolute atomic E-state index is 0.00255. The zero-order chi connectivity index (χ0) is 16.3. The van der Waals surface area contributed by atoms with E-state index in [-0.39, 0.29) is 12.0 Å². The summed E-state index contributed by atoms with van der Waals surface area (Å²) in [5, 5.41) is 13.4. The fourth-order valence-corrected chi connectivity index (χ4v) is 4.14. The Morgan fingerprint density at radius 1 is 1.30 bits per heavy atom. The standard InChI is InChI=1S/C17H29N5O/c1-2-6-17(12-23)7-3-10-22(11-17)15-13-4-8-19-9-5-14(13)20-16(18)21-15/h19,23H,2-12H2,1H3,(H2,18,20,21)/t17-/m1/s1. The highest BCUT2D eigenvalue weighted by Gasteiger charge is 2.35. The van der Waals surface area contributed by atoms with Gasteiger partial charge in [-0.1, -0.05) is 13.3 Å². The largest absolute Gasteiger partial charge is 0.396 e. The van der Waals surface area contributed by atoms with Crippen LogP contribution in [0.4, 0.5) is 11.8 Å². The Hall–Kier alpha value is -1.40. The zero-order valence-electron chi connectivity index (χ0n) is 14.1. The van der Waals surface area contributed by atoms with Crippen molar-refractivity contribution in [3.05, 3.63) is 11.3 Å². The van der Waals surface area contributed by atoms with Gasteiger partial charge in [0.2, 0.25) is 5.95 Å². The summed E-state index contributed by atoms with van der Waals surface area (Å²) in [5.74, 6) is 1.38. The number of nitrogens with two attached hydrogens (primary N) is 1. The van der Waals surface area contributed by atoms with Crippen LogP contribution in [0.25, 0.3) is 0 Å². The number of nitrogen functional groups attached to an aromatic ring is 1. The first-order valence-corrected chi connectivity index (χ1v) is 8.89. The van der Waals surface area contributed by atoms with Crippen molar-refractivity contribution in [1.82, 2.24) is 15.3 Å². The van der Waals surface area contributed by atoms with Gasteiger partial charge in [-0.25, -0.2) is 4.98 Å². The summed E-state index contributed by atoms with van der Waals surface area (Å²) in [6, 6.07) is 0. The molecule has 0 unspecified atom stereocenters. The lowest BCUT2D eigenvalue weighted by Crippen LogP contribution is -2.46. The number of hydrogen-bond donors (Lipinski definition) is 3. The first-order chi connectivity index (χ1) is 11.2. The summed E-state index contributed by atoms with van der Waals surface area (Å²) in [5.41, 5.74) is 8.32. The normalized spacial score (nSPS) is 25.0. The van der Waals surface area contributed by atoms with Crippen molar-refractivity contribution < 1.29 is 5.11 Å². The maximum absolute atomic E-state index is 9.98. The third kappa shape index (κ3) is 3.43. The number of aliphatic hydroxyl groups is 1. The second-order valence-corrected chi connectivity index (χ2v) is 7.01. The van der Waals surface area contributed by atoms with Crippen LogP contribution in [0.2, 0.25) is 0 Å². The molecule has 6 nitrogen and oxygen atoms in total. The summed E-state index contributed by atoms with van der Waals surface area (Å²) >= 11 is 0. The molecular formula is C17H29N5O. The highest BCUT2D eigenvalue weighted by Crippen LogP contribution is 2.37. The Balaban J connectivity index is 1.93. The molecule has 4 N–H and O–H groups in total. The van der Waals surface area contributed by atoms with Gasteiger partial charge < -0.3 is 21.1 Å². The van der Waals surface area contributed by atoms with Gasteiger partial charge in [-0.3, -0.25) is 0 Å². The summed E-state index contributed by atoms with van der Waals surface area (Å²) in [4.78, 5) is 11.4. The Labute approximate surface area is 138 Å². The van der Waals surface area contributed by atoms with Crippen LogP contribution in [0.15, 0.2) is 0 Å². The first kappa shape index (κ1) is 16.5. The van der Waals surface area contributed by atoms with E-state index in [1.54, 1.807) is 0 Å². The summed E-state index contributed by atoms with van der Waals surface area (Å²) < 4.78 is 0. The number of rotatable bonds is 4. The molecule has 23 heavy (non-hydrogen) atoms. The lowest BCUT2D eigenvalue weighted by molar-refractivity contribution is 0.0951. The molecule has 0 bridgehead atoms. The number of aliphatic hydroxyl groups excluding tert-OH is 1. The van der Waals surface area contributed by atoms with E-state index in [0.717, 1.165) is 76.2 Å². The van der Waals surface area contributed by atoms with Gasteiger partial charge in [0, 0.05) is 37.0 Å². The van der Waals surface area contributed by atoms with Gasteiger partial charge in [-0.2, -0.15) is 4.98 Å². The van der Waals surface area contributed by atoms with Gasteiger partial charge in [0.05, 0.1) is 12.3 Å². The van der Waals surface area contributed by atoms with E-state index in [2.05, 4.69) is 27.1 Å². The number of nitrogens with one attached hydrogen (secondary N) is 1. The van der Waals surface area contributed by atoms with Gasteiger partial charge in [0.1, 0.15) is 5.82 Å². The van der Waals surface area contributed by atoms with E-state index in [9.17, 15) is 5.11 Å². The fourth-order valence-electron chi connectivity index (χ4n) is 4.14. The molecule has 0 amide bonds. The summed E-state index contributed by atoms with van der Waals surface area (Å²) in [7, 11) is 0. The highest BCUT2D eigenvalue weighted by molar-refractivity contribution is 5.53. The molecule has 2 aliphatic heterocycles. The van der Waals surface area contributed by atoms with E-state index in [0.29, 0.717) is 5.95 Å². The van der Waals surface area contributed by atoms with E-state index in [4.69, 9.17) is 5.73 Å². The molecule has 2 aliphatic rings. The molecule has 1 aromatic heterocycles. The maximum Gasteiger partial charge on any atom is 0.222 e. The zero-order valence-corrected chi connectivity index (χ0v) is 14.1. The van der Waals surface area contributed by atoms with Crippen LogP contribution in [0.1, 0.15) is 43.9 Å². The van der Waals surface area contributed by atoms with Gasteiger partial charge in [0.15, 0.2) is 0 Å². The monoisotopic (exact) mass is 319 g/mol. The number of nitrogens with zero attached hydrogens (tertiary/aromatic N) is 3. The summed E-state index contributed by atoms with van der Waals surface area (Å²) in [6.07, 6.45) is 6.20. The number of aromatic nitrogens is 2. The molecule has 1 aromatic rings. The van der Waals surface area contributed by atoms with Gasteiger partial charge in [-0.05, 0) is 32.2 Å². The number of anilines is 2. The van der Waals surface area contributed by atoms with Gasteiger partial charge in [-0.15, -0.1) is 0 Å². The first-order valence-electron chi connectivity index (χ1n) is 8.89. The van der Waals surface area contributed by atoms with Crippen molar-refractivity contribution in [2.75, 3.05) is 43.4 Å². The van der Waals surface area contributed by atoms with Crippen LogP contribution in [0.5, 0.6) is 0 Å². The molecule has 128 valence electrons. The smallest absolute Gasteiger partial charge is 0.222 e. The molecule has 0 aromatic carbocycles. The molecule has 6 heteroatoms. The Morgan fingerprint density at radius 3 is 2.91 bits per heavy atom. The van der Waals surface area contributed by atoms with Crippen molar-refractivity contribution >= 4 is 11.8 Å². The average molecular weight is 319 g/mol. The predicted molar refractivity (Wildman–Crippen MR) is 92.6 cm³/mol. The SMILES string of the molecule is CCC[C@@]1(CO)CCCN(c2nc(N)nc3c2CCNCC3)C1. The molecule has 0 spiro atoms. The molecule has 0 saturated carbocycles. The lowest BCUT2D eigenvalue weighted by atomic mass is 9.77. The topological polar surface area (TPSA) is 87.3 Å². The number of piperidine rings is 1. The van der Waals surface area contributed by atoms with Crippen LogP contribution in [0, 0.1) is 5.41 Å². The molecular weight excluding hydrogens is 290 g/mol. The third-order valence-electron chi connectivity index (χ3n) is 5.26. The second-order valence-electron chi connectivity index (χ2n) is 7.01. The van der Waals surface area contributed by atoms with E-state index < -0.39 is 0 Å². The van der Waals surface area contributed by atoms with Gasteiger partial charge in [0.25, 0.3) is 0 Å². The third-order valence-corrected chi connectivity index (χ3v) is 5.26. The predicted octanol–water partition coefficient (Wildman–Crippen LogP) is 1.13. The van der Waals surface area contributed by atoms with Gasteiger partial charge >= 0.3 is 0 Å². The number of hydrogen-bond acceptors (Lipinski definition) is 6. The number of fused-ring (bicyclic) bond motifs is 1. The fraction of sp³-hybridized carbons (Fsp3) is 0.765. The summed E-state index contributed by atoms with van der Waals surface area (Å²) in [6.45, 7) is 6.20. The molecule has 1 saturated heterocycles. The maximum atomic E-state index is 9.98. The average Bonchev–Trinajstić information content (AvgIpc) is 2.80. The van der Waals surface area contributed by atoms with E-state index in [1.165, 1.54) is 5.56 Å². The second kappa shape index (κ2) is 7.01. The molecule has 0 aliphatic carbocycles. The Kier molecular flexibility index (Phi) is 5.02. The van der Waals surface area contributed by atoms with Crippen LogP contribution in [0.3, 0.4) is 0 Å². The minimum Gasteiger partial charge on any atom is -0.396 e. The van der Waals surface area contributed by atoms with E-state index >= 15 is 0 Å². The Bertz CT molecular complexity index is 546. The highest BCUT2D eigenvalue weighted by atomic mass is 16.3. The van der Waals surface area contributed by atoms with Crippen molar-refractivity contribution in [2.45, 2.75) is 45.4 Å². The van der Waals surface area contributed by atoms with Crippen LogP contribution < -0.4 is 16.0 Å². The molecule has 0 radical (unpaired) electrons. The van der Waals surface area contributed by atoms with Crippen molar-refractivity contribution in [3.8, 4) is 0 Å². The molecule has 3 rings (SSSR count). The van der Waals surface area contributed by atoms with Crippen LogP contribution in [-0.4, -0.2) is 47.9 Å². The minimum atomic E-state index is 0.00255.